The molecule has 11 heavy (non-hydrogen) atoms. The number of hydrogen-bond donors (Lipinski definition) is 0. The molecule has 0 bridgehead atoms. The lowest BCUT2D eigenvalue weighted by molar-refractivity contribution is 0.381. The first-order valence-electron chi connectivity index (χ1n) is 3.94. The van der Waals surface area contributed by atoms with Crippen LogP contribution in [0.4, 0.5) is 0 Å². The lowest BCUT2D eigenvalue weighted by Gasteiger charge is -2.17. The minimum absolute atomic E-state index is 0.654. The molecule has 0 heterocycles. The van der Waals surface area contributed by atoms with Crippen LogP contribution in [0.25, 0.3) is 0 Å². The maximum Gasteiger partial charge on any atom is 0.0273 e. The maximum atomic E-state index is 3.94. The minimum Gasteiger partial charge on any atom is -0.381 e. The van der Waals surface area contributed by atoms with Crippen molar-refractivity contribution in [1.82, 2.24) is 4.90 Å². The molecule has 0 aliphatic heterocycles. The summed E-state index contributed by atoms with van der Waals surface area (Å²) in [5.41, 5.74) is 0. The van der Waals surface area contributed by atoms with Gasteiger partial charge in [-0.25, -0.2) is 0 Å². The molecule has 64 valence electrons. The third-order valence-corrected chi connectivity index (χ3v) is 1.60. The van der Waals surface area contributed by atoms with Gasteiger partial charge in [-0.1, -0.05) is 13.5 Å². The average Bonchev–Trinajstić information content (AvgIpc) is 2.00. The standard InChI is InChI=1S/C9H18N2/c1-5-11(4)8-9(2)6-7-10-3/h5,7,9H,1,6,8H2,2-4H3. The summed E-state index contributed by atoms with van der Waals surface area (Å²) in [5, 5.41) is 0. The first kappa shape index (κ1) is 10.2. The van der Waals surface area contributed by atoms with Crippen LogP contribution in [0.15, 0.2) is 17.8 Å². The quantitative estimate of drug-likeness (QED) is 0.551. The Hall–Kier alpha value is -0.790. The monoisotopic (exact) mass is 154 g/mol. The summed E-state index contributed by atoms with van der Waals surface area (Å²) in [6.45, 7) is 6.95. The predicted octanol–water partition coefficient (Wildman–Crippen LogP) is 1.79. The SMILES string of the molecule is C=CN(C)CC(C)CC=NC. The van der Waals surface area contributed by atoms with E-state index >= 15 is 0 Å². The van der Waals surface area contributed by atoms with E-state index in [-0.39, 0.29) is 0 Å². The van der Waals surface area contributed by atoms with Gasteiger partial charge in [-0.15, -0.1) is 0 Å². The van der Waals surface area contributed by atoms with Crippen LogP contribution in [-0.4, -0.2) is 31.8 Å². The number of hydrogen-bond acceptors (Lipinski definition) is 2. The Labute approximate surface area is 69.6 Å². The number of rotatable bonds is 5. The lowest BCUT2D eigenvalue weighted by atomic mass is 10.1. The van der Waals surface area contributed by atoms with Crippen molar-refractivity contribution in [3.05, 3.63) is 12.8 Å². The fourth-order valence-electron chi connectivity index (χ4n) is 0.926. The highest BCUT2D eigenvalue weighted by atomic mass is 15.1. The molecule has 0 fully saturated rings. The average molecular weight is 154 g/mol. The van der Waals surface area contributed by atoms with Gasteiger partial charge in [0.25, 0.3) is 0 Å². The van der Waals surface area contributed by atoms with Crippen molar-refractivity contribution in [2.75, 3.05) is 20.6 Å². The van der Waals surface area contributed by atoms with E-state index in [1.54, 1.807) is 0 Å². The zero-order chi connectivity index (χ0) is 8.69. The summed E-state index contributed by atoms with van der Waals surface area (Å²) in [7, 11) is 3.84. The van der Waals surface area contributed by atoms with Gasteiger partial charge in [0, 0.05) is 20.6 Å². The third-order valence-electron chi connectivity index (χ3n) is 1.60. The van der Waals surface area contributed by atoms with Gasteiger partial charge in [0.15, 0.2) is 0 Å². The van der Waals surface area contributed by atoms with Crippen LogP contribution in [-0.2, 0) is 0 Å². The van der Waals surface area contributed by atoms with E-state index in [2.05, 4.69) is 23.4 Å². The van der Waals surface area contributed by atoms with E-state index < -0.39 is 0 Å². The molecule has 0 aliphatic carbocycles. The lowest BCUT2D eigenvalue weighted by Crippen LogP contribution is -2.18. The van der Waals surface area contributed by atoms with Gasteiger partial charge < -0.3 is 9.89 Å². The zero-order valence-corrected chi connectivity index (χ0v) is 7.75. The molecule has 0 aromatic carbocycles. The summed E-state index contributed by atoms with van der Waals surface area (Å²) in [4.78, 5) is 6.03. The minimum atomic E-state index is 0.654. The van der Waals surface area contributed by atoms with Crippen LogP contribution >= 0.6 is 0 Å². The summed E-state index contributed by atoms with van der Waals surface area (Å²) in [6, 6.07) is 0. The van der Waals surface area contributed by atoms with Crippen molar-refractivity contribution < 1.29 is 0 Å². The Morgan fingerprint density at radius 1 is 1.64 bits per heavy atom. The molecule has 0 amide bonds. The summed E-state index contributed by atoms with van der Waals surface area (Å²) >= 11 is 0. The molecule has 1 unspecified atom stereocenters. The van der Waals surface area contributed by atoms with Crippen molar-refractivity contribution >= 4 is 6.21 Å². The van der Waals surface area contributed by atoms with E-state index in [4.69, 9.17) is 0 Å². The number of nitrogens with zero attached hydrogens (tertiary/aromatic N) is 2. The maximum absolute atomic E-state index is 3.94. The molecule has 1 atom stereocenters. The van der Waals surface area contributed by atoms with Gasteiger partial charge in [0.05, 0.1) is 0 Å². The molecule has 0 aliphatic rings. The second-order valence-electron chi connectivity index (χ2n) is 2.90. The predicted molar refractivity (Wildman–Crippen MR) is 51.0 cm³/mol. The number of aliphatic imine (C=N–C) groups is 1. The van der Waals surface area contributed by atoms with Crippen LogP contribution in [0.2, 0.25) is 0 Å². The molecule has 0 spiro atoms. The smallest absolute Gasteiger partial charge is 0.0273 e. The molecule has 2 heteroatoms. The summed E-state index contributed by atoms with van der Waals surface area (Å²) in [6.07, 6.45) is 4.86. The second kappa shape index (κ2) is 5.96. The highest BCUT2D eigenvalue weighted by molar-refractivity contribution is 5.57. The van der Waals surface area contributed by atoms with Gasteiger partial charge >= 0.3 is 0 Å². The molecular weight excluding hydrogens is 136 g/mol. The topological polar surface area (TPSA) is 15.6 Å². The Morgan fingerprint density at radius 2 is 2.27 bits per heavy atom. The van der Waals surface area contributed by atoms with Crippen molar-refractivity contribution in [3.8, 4) is 0 Å². The molecule has 0 rings (SSSR count). The Balaban J connectivity index is 3.50. The van der Waals surface area contributed by atoms with Gasteiger partial charge in [-0.05, 0) is 24.8 Å². The first-order chi connectivity index (χ1) is 5.20. The first-order valence-corrected chi connectivity index (χ1v) is 3.94. The normalized spacial score (nSPS) is 13.4. The summed E-state index contributed by atoms with van der Waals surface area (Å²) in [5.74, 6) is 0.654. The van der Waals surface area contributed by atoms with Gasteiger partial charge in [0.1, 0.15) is 0 Å². The van der Waals surface area contributed by atoms with E-state index in [0.29, 0.717) is 5.92 Å². The van der Waals surface area contributed by atoms with E-state index in [0.717, 1.165) is 13.0 Å². The molecule has 0 saturated heterocycles. The highest BCUT2D eigenvalue weighted by Crippen LogP contribution is 2.01. The fraction of sp³-hybridized carbons (Fsp3) is 0.667. The van der Waals surface area contributed by atoms with Crippen LogP contribution in [0.1, 0.15) is 13.3 Å². The molecule has 0 aromatic heterocycles. The van der Waals surface area contributed by atoms with Crippen molar-refractivity contribution in [3.63, 3.8) is 0 Å². The van der Waals surface area contributed by atoms with Crippen molar-refractivity contribution in [2.45, 2.75) is 13.3 Å². The molecular formula is C9H18N2. The highest BCUT2D eigenvalue weighted by Gasteiger charge is 2.00. The van der Waals surface area contributed by atoms with Gasteiger partial charge in [-0.3, -0.25) is 0 Å². The zero-order valence-electron chi connectivity index (χ0n) is 7.75. The molecule has 0 radical (unpaired) electrons. The Kier molecular flexibility index (Phi) is 5.53. The van der Waals surface area contributed by atoms with Crippen LogP contribution in [0, 0.1) is 5.92 Å². The molecule has 0 N–H and O–H groups in total. The van der Waals surface area contributed by atoms with E-state index in [1.165, 1.54) is 0 Å². The fourth-order valence-corrected chi connectivity index (χ4v) is 0.926. The molecule has 0 saturated carbocycles. The van der Waals surface area contributed by atoms with Crippen LogP contribution < -0.4 is 0 Å². The van der Waals surface area contributed by atoms with Crippen LogP contribution in [0.3, 0.4) is 0 Å². The van der Waals surface area contributed by atoms with Crippen LogP contribution in [0.5, 0.6) is 0 Å². The summed E-state index contributed by atoms with van der Waals surface area (Å²) < 4.78 is 0. The van der Waals surface area contributed by atoms with Gasteiger partial charge in [0.2, 0.25) is 0 Å². The Bertz CT molecular complexity index is 130. The molecule has 2 nitrogen and oxygen atoms in total. The van der Waals surface area contributed by atoms with E-state index in [1.807, 2.05) is 26.5 Å². The second-order valence-corrected chi connectivity index (χ2v) is 2.90. The van der Waals surface area contributed by atoms with Crippen molar-refractivity contribution in [1.29, 1.82) is 0 Å². The third kappa shape index (κ3) is 5.64. The Morgan fingerprint density at radius 3 is 2.73 bits per heavy atom. The van der Waals surface area contributed by atoms with E-state index in [9.17, 15) is 0 Å². The van der Waals surface area contributed by atoms with Gasteiger partial charge in [-0.2, -0.15) is 0 Å². The largest absolute Gasteiger partial charge is 0.381 e. The van der Waals surface area contributed by atoms with Crippen molar-refractivity contribution in [2.24, 2.45) is 10.9 Å². The molecule has 0 aromatic rings.